The number of para-hydroxylation sites is 2. The zero-order chi connectivity index (χ0) is 15.7. The standard InChI is InChI=1S/C16H26N2O3/c1-4-10-16(20,11-5-2)12-17-15(19)18-13-8-6-7-9-14(13)21-3/h6-9,20H,4-5,10-12H2,1-3H3,(H2,17,18,19). The Bertz CT molecular complexity index is 443. The summed E-state index contributed by atoms with van der Waals surface area (Å²) in [4.78, 5) is 11.9. The van der Waals surface area contributed by atoms with Crippen LogP contribution in [0.5, 0.6) is 5.75 Å². The average Bonchev–Trinajstić information content (AvgIpc) is 2.46. The van der Waals surface area contributed by atoms with E-state index in [1.165, 1.54) is 0 Å². The second-order valence-corrected chi connectivity index (χ2v) is 5.23. The molecule has 5 nitrogen and oxygen atoms in total. The largest absolute Gasteiger partial charge is 0.495 e. The van der Waals surface area contributed by atoms with Gasteiger partial charge in [0.1, 0.15) is 5.75 Å². The first-order valence-electron chi connectivity index (χ1n) is 7.45. The molecule has 0 atom stereocenters. The summed E-state index contributed by atoms with van der Waals surface area (Å²) < 4.78 is 5.18. The monoisotopic (exact) mass is 294 g/mol. The molecule has 1 aromatic carbocycles. The van der Waals surface area contributed by atoms with Gasteiger partial charge in [-0.2, -0.15) is 0 Å². The van der Waals surface area contributed by atoms with E-state index in [0.29, 0.717) is 24.3 Å². The van der Waals surface area contributed by atoms with E-state index in [4.69, 9.17) is 4.74 Å². The number of urea groups is 1. The highest BCUT2D eigenvalue weighted by atomic mass is 16.5. The molecule has 0 aliphatic carbocycles. The van der Waals surface area contributed by atoms with Gasteiger partial charge in [-0.05, 0) is 25.0 Å². The van der Waals surface area contributed by atoms with E-state index in [2.05, 4.69) is 10.6 Å². The van der Waals surface area contributed by atoms with Gasteiger partial charge in [-0.15, -0.1) is 0 Å². The minimum Gasteiger partial charge on any atom is -0.495 e. The molecule has 0 saturated carbocycles. The molecule has 118 valence electrons. The average molecular weight is 294 g/mol. The zero-order valence-corrected chi connectivity index (χ0v) is 13.1. The normalized spacial score (nSPS) is 11.0. The van der Waals surface area contributed by atoms with Gasteiger partial charge < -0.3 is 20.5 Å². The van der Waals surface area contributed by atoms with Crippen LogP contribution in [0.3, 0.4) is 0 Å². The maximum absolute atomic E-state index is 11.9. The zero-order valence-electron chi connectivity index (χ0n) is 13.1. The van der Waals surface area contributed by atoms with E-state index < -0.39 is 5.60 Å². The smallest absolute Gasteiger partial charge is 0.319 e. The van der Waals surface area contributed by atoms with Crippen LogP contribution in [-0.2, 0) is 0 Å². The quantitative estimate of drug-likeness (QED) is 0.689. The van der Waals surface area contributed by atoms with E-state index in [9.17, 15) is 9.90 Å². The molecule has 0 fully saturated rings. The molecule has 0 spiro atoms. The van der Waals surface area contributed by atoms with Crippen molar-refractivity contribution in [3.8, 4) is 5.75 Å². The molecule has 5 heteroatoms. The fraction of sp³-hybridized carbons (Fsp3) is 0.562. The number of ether oxygens (including phenoxy) is 1. The van der Waals surface area contributed by atoms with Crippen LogP contribution in [0.1, 0.15) is 39.5 Å². The molecular weight excluding hydrogens is 268 g/mol. The Balaban J connectivity index is 2.57. The third-order valence-electron chi connectivity index (χ3n) is 3.36. The summed E-state index contributed by atoms with van der Waals surface area (Å²) in [5, 5.41) is 15.9. The predicted molar refractivity (Wildman–Crippen MR) is 84.8 cm³/mol. The van der Waals surface area contributed by atoms with Crippen molar-refractivity contribution in [2.45, 2.75) is 45.1 Å². The molecule has 1 aromatic rings. The molecule has 0 bridgehead atoms. The summed E-state index contributed by atoms with van der Waals surface area (Å²) in [6.45, 7) is 4.29. The van der Waals surface area contributed by atoms with Crippen LogP contribution >= 0.6 is 0 Å². The SMILES string of the molecule is CCCC(O)(CCC)CNC(=O)Nc1ccccc1OC. The number of methoxy groups -OCH3 is 1. The molecule has 0 saturated heterocycles. The van der Waals surface area contributed by atoms with Gasteiger partial charge in [-0.1, -0.05) is 38.8 Å². The van der Waals surface area contributed by atoms with Crippen molar-refractivity contribution in [3.63, 3.8) is 0 Å². The topological polar surface area (TPSA) is 70.6 Å². The summed E-state index contributed by atoms with van der Waals surface area (Å²) >= 11 is 0. The number of amides is 2. The lowest BCUT2D eigenvalue weighted by Crippen LogP contribution is -2.44. The molecule has 0 aliphatic heterocycles. The second kappa shape index (κ2) is 8.52. The van der Waals surface area contributed by atoms with Crippen molar-refractivity contribution in [3.05, 3.63) is 24.3 Å². The van der Waals surface area contributed by atoms with Gasteiger partial charge in [0.2, 0.25) is 0 Å². The molecule has 21 heavy (non-hydrogen) atoms. The van der Waals surface area contributed by atoms with Crippen LogP contribution in [0.4, 0.5) is 10.5 Å². The summed E-state index contributed by atoms with van der Waals surface area (Å²) in [6.07, 6.45) is 3.12. The van der Waals surface area contributed by atoms with Crippen molar-refractivity contribution in [2.75, 3.05) is 19.0 Å². The fourth-order valence-corrected chi connectivity index (χ4v) is 2.39. The molecule has 0 heterocycles. The number of nitrogens with one attached hydrogen (secondary N) is 2. The van der Waals surface area contributed by atoms with Crippen LogP contribution in [0.25, 0.3) is 0 Å². The number of carbonyl (C=O) groups excluding carboxylic acids is 1. The number of anilines is 1. The number of aliphatic hydroxyl groups is 1. The highest BCUT2D eigenvalue weighted by molar-refractivity contribution is 5.90. The third kappa shape index (κ3) is 5.63. The summed E-state index contributed by atoms with van der Waals surface area (Å²) in [5.74, 6) is 0.602. The minimum absolute atomic E-state index is 0.246. The van der Waals surface area contributed by atoms with Gasteiger partial charge in [-0.25, -0.2) is 4.79 Å². The Hall–Kier alpha value is -1.75. The summed E-state index contributed by atoms with van der Waals surface area (Å²) in [7, 11) is 1.56. The Kier molecular flexibility index (Phi) is 7.02. The molecular formula is C16H26N2O3. The number of hydrogen-bond donors (Lipinski definition) is 3. The lowest BCUT2D eigenvalue weighted by atomic mass is 9.93. The molecule has 0 radical (unpaired) electrons. The van der Waals surface area contributed by atoms with Gasteiger partial charge in [0.25, 0.3) is 0 Å². The van der Waals surface area contributed by atoms with E-state index in [1.54, 1.807) is 19.2 Å². The molecule has 1 rings (SSSR count). The first kappa shape index (κ1) is 17.3. The first-order valence-corrected chi connectivity index (χ1v) is 7.45. The Morgan fingerprint density at radius 1 is 1.24 bits per heavy atom. The van der Waals surface area contributed by atoms with Crippen molar-refractivity contribution < 1.29 is 14.6 Å². The summed E-state index contributed by atoms with van der Waals surface area (Å²) in [6, 6.07) is 6.86. The highest BCUT2D eigenvalue weighted by Gasteiger charge is 2.25. The van der Waals surface area contributed by atoms with Gasteiger partial charge in [0.15, 0.2) is 0 Å². The Labute approximate surface area is 126 Å². The van der Waals surface area contributed by atoms with Crippen LogP contribution in [0.15, 0.2) is 24.3 Å². The number of benzene rings is 1. The lowest BCUT2D eigenvalue weighted by Gasteiger charge is -2.27. The maximum atomic E-state index is 11.9. The molecule has 3 N–H and O–H groups in total. The second-order valence-electron chi connectivity index (χ2n) is 5.23. The van der Waals surface area contributed by atoms with Gasteiger partial charge in [-0.3, -0.25) is 0 Å². The Morgan fingerprint density at radius 3 is 2.43 bits per heavy atom. The maximum Gasteiger partial charge on any atom is 0.319 e. The highest BCUT2D eigenvalue weighted by Crippen LogP contribution is 2.23. The summed E-state index contributed by atoms with van der Waals surface area (Å²) in [5.41, 5.74) is -0.228. The van der Waals surface area contributed by atoms with E-state index >= 15 is 0 Å². The van der Waals surface area contributed by atoms with Crippen molar-refractivity contribution >= 4 is 11.7 Å². The molecule has 2 amide bonds. The van der Waals surface area contributed by atoms with Gasteiger partial charge >= 0.3 is 6.03 Å². The van der Waals surface area contributed by atoms with Crippen molar-refractivity contribution in [1.29, 1.82) is 0 Å². The van der Waals surface area contributed by atoms with Gasteiger partial charge in [0, 0.05) is 6.54 Å². The van der Waals surface area contributed by atoms with E-state index in [-0.39, 0.29) is 12.6 Å². The van der Waals surface area contributed by atoms with Crippen molar-refractivity contribution in [1.82, 2.24) is 5.32 Å². The first-order chi connectivity index (χ1) is 10.0. The van der Waals surface area contributed by atoms with Crippen LogP contribution in [0.2, 0.25) is 0 Å². The van der Waals surface area contributed by atoms with Crippen LogP contribution in [0, 0.1) is 0 Å². The molecule has 0 aromatic heterocycles. The van der Waals surface area contributed by atoms with Crippen molar-refractivity contribution in [2.24, 2.45) is 0 Å². The van der Waals surface area contributed by atoms with Crippen LogP contribution < -0.4 is 15.4 Å². The number of hydrogen-bond acceptors (Lipinski definition) is 3. The van der Waals surface area contributed by atoms with Gasteiger partial charge in [0.05, 0.1) is 18.4 Å². The van der Waals surface area contributed by atoms with Crippen LogP contribution in [-0.4, -0.2) is 30.4 Å². The number of carbonyl (C=O) groups is 1. The van der Waals surface area contributed by atoms with E-state index in [0.717, 1.165) is 12.8 Å². The molecule has 0 aliphatic rings. The van der Waals surface area contributed by atoms with E-state index in [1.807, 2.05) is 26.0 Å². The predicted octanol–water partition coefficient (Wildman–Crippen LogP) is 3.15. The molecule has 0 unspecified atom stereocenters. The number of rotatable bonds is 8. The Morgan fingerprint density at radius 2 is 1.86 bits per heavy atom. The minimum atomic E-state index is -0.832. The fourth-order valence-electron chi connectivity index (χ4n) is 2.39. The lowest BCUT2D eigenvalue weighted by molar-refractivity contribution is 0.0245. The third-order valence-corrected chi connectivity index (χ3v) is 3.36.